The quantitative estimate of drug-likeness (QED) is 0.888. The summed E-state index contributed by atoms with van der Waals surface area (Å²) in [6.45, 7) is 0.382. The zero-order valence-corrected chi connectivity index (χ0v) is 10.3. The number of hydrogen-bond acceptors (Lipinski definition) is 3. The summed E-state index contributed by atoms with van der Waals surface area (Å²) in [5, 5.41) is 0. The topological polar surface area (TPSA) is 44.5 Å². The molecule has 1 rings (SSSR count). The first-order valence-corrected chi connectivity index (χ1v) is 5.38. The van der Waals surface area contributed by atoms with Gasteiger partial charge in [-0.2, -0.15) is 13.2 Å². The van der Waals surface area contributed by atoms with Gasteiger partial charge in [-0.1, -0.05) is 12.1 Å². The summed E-state index contributed by atoms with van der Waals surface area (Å²) in [4.78, 5) is 0. The Morgan fingerprint density at radius 1 is 1.33 bits per heavy atom. The molecule has 0 heterocycles. The molecule has 6 heteroatoms. The monoisotopic (exact) mass is 263 g/mol. The van der Waals surface area contributed by atoms with Gasteiger partial charge in [-0.05, 0) is 24.1 Å². The maximum Gasteiger partial charge on any atom is 0.411 e. The highest BCUT2D eigenvalue weighted by Crippen LogP contribution is 2.22. The summed E-state index contributed by atoms with van der Waals surface area (Å²) in [6, 6.07) is 4.64. The number of halogens is 3. The van der Waals surface area contributed by atoms with E-state index >= 15 is 0 Å². The second kappa shape index (κ2) is 6.06. The van der Waals surface area contributed by atoms with Crippen LogP contribution in [0.4, 0.5) is 13.2 Å². The molecule has 0 saturated carbocycles. The molecule has 0 spiro atoms. The summed E-state index contributed by atoms with van der Waals surface area (Å²) < 4.78 is 45.3. The lowest BCUT2D eigenvalue weighted by Crippen LogP contribution is -2.23. The van der Waals surface area contributed by atoms with E-state index in [2.05, 4.69) is 4.74 Å². The minimum absolute atomic E-state index is 0.175. The van der Waals surface area contributed by atoms with Gasteiger partial charge >= 0.3 is 6.18 Å². The van der Waals surface area contributed by atoms with Gasteiger partial charge in [0.25, 0.3) is 0 Å². The van der Waals surface area contributed by atoms with Crippen LogP contribution in [0.25, 0.3) is 0 Å². The van der Waals surface area contributed by atoms with Crippen LogP contribution in [0.1, 0.15) is 17.2 Å². The Morgan fingerprint density at radius 2 is 2.00 bits per heavy atom. The molecule has 3 nitrogen and oxygen atoms in total. The van der Waals surface area contributed by atoms with Gasteiger partial charge < -0.3 is 15.2 Å². The molecule has 2 N–H and O–H groups in total. The molecule has 0 amide bonds. The predicted octanol–water partition coefficient (Wildman–Crippen LogP) is 2.58. The zero-order chi connectivity index (χ0) is 13.8. The molecular weight excluding hydrogens is 247 g/mol. The number of benzene rings is 1. The largest absolute Gasteiger partial charge is 0.496 e. The van der Waals surface area contributed by atoms with E-state index in [-0.39, 0.29) is 6.61 Å². The van der Waals surface area contributed by atoms with E-state index in [0.29, 0.717) is 5.75 Å². The fourth-order valence-corrected chi connectivity index (χ4v) is 1.53. The first-order valence-electron chi connectivity index (χ1n) is 5.38. The third kappa shape index (κ3) is 4.54. The molecule has 0 aromatic heterocycles. The summed E-state index contributed by atoms with van der Waals surface area (Å²) in [7, 11) is 1.55. The van der Waals surface area contributed by atoms with E-state index in [4.69, 9.17) is 10.5 Å². The molecule has 1 aromatic carbocycles. The van der Waals surface area contributed by atoms with Gasteiger partial charge in [-0.25, -0.2) is 0 Å². The molecule has 0 bridgehead atoms. The van der Waals surface area contributed by atoms with E-state index < -0.39 is 18.8 Å². The van der Waals surface area contributed by atoms with E-state index in [9.17, 15) is 13.2 Å². The van der Waals surface area contributed by atoms with Gasteiger partial charge in [0, 0.05) is 0 Å². The molecule has 0 fully saturated rings. The minimum atomic E-state index is -4.32. The fraction of sp³-hybridized carbons (Fsp3) is 0.500. The van der Waals surface area contributed by atoms with Crippen LogP contribution in [0.3, 0.4) is 0 Å². The van der Waals surface area contributed by atoms with Gasteiger partial charge in [0.1, 0.15) is 12.4 Å². The molecule has 1 aromatic rings. The smallest absolute Gasteiger partial charge is 0.411 e. The van der Waals surface area contributed by atoms with Crippen LogP contribution < -0.4 is 10.5 Å². The molecule has 18 heavy (non-hydrogen) atoms. The van der Waals surface area contributed by atoms with E-state index in [1.165, 1.54) is 0 Å². The van der Waals surface area contributed by atoms with Crippen LogP contribution in [0.15, 0.2) is 18.2 Å². The average molecular weight is 263 g/mol. The molecule has 0 aliphatic rings. The SMILES string of the molecule is COc1ccc(C(N)COCC(F)(F)F)cc1C. The minimum Gasteiger partial charge on any atom is -0.496 e. The van der Waals surface area contributed by atoms with Crippen molar-refractivity contribution in [2.24, 2.45) is 5.73 Å². The summed E-state index contributed by atoms with van der Waals surface area (Å²) in [6.07, 6.45) is -4.32. The fourth-order valence-electron chi connectivity index (χ4n) is 1.53. The lowest BCUT2D eigenvalue weighted by Gasteiger charge is -2.15. The van der Waals surface area contributed by atoms with E-state index in [1.807, 2.05) is 6.92 Å². The van der Waals surface area contributed by atoms with Crippen LogP contribution in [-0.2, 0) is 4.74 Å². The number of aryl methyl sites for hydroxylation is 1. The van der Waals surface area contributed by atoms with Gasteiger partial charge in [-0.15, -0.1) is 0 Å². The third-order valence-corrected chi connectivity index (χ3v) is 2.41. The van der Waals surface area contributed by atoms with Crippen molar-refractivity contribution in [1.82, 2.24) is 0 Å². The Morgan fingerprint density at radius 3 is 2.50 bits per heavy atom. The Balaban J connectivity index is 2.56. The van der Waals surface area contributed by atoms with Crippen molar-refractivity contribution in [3.05, 3.63) is 29.3 Å². The van der Waals surface area contributed by atoms with Gasteiger partial charge in [-0.3, -0.25) is 0 Å². The summed E-state index contributed by atoms with van der Waals surface area (Å²) in [5.74, 6) is 0.710. The number of ether oxygens (including phenoxy) is 2. The van der Waals surface area contributed by atoms with Crippen molar-refractivity contribution in [1.29, 1.82) is 0 Å². The van der Waals surface area contributed by atoms with E-state index in [0.717, 1.165) is 11.1 Å². The zero-order valence-electron chi connectivity index (χ0n) is 10.3. The molecule has 0 aliphatic carbocycles. The predicted molar refractivity (Wildman–Crippen MR) is 61.5 cm³/mol. The second-order valence-corrected chi connectivity index (χ2v) is 3.97. The second-order valence-electron chi connectivity index (χ2n) is 3.97. The number of methoxy groups -OCH3 is 1. The van der Waals surface area contributed by atoms with Crippen molar-refractivity contribution in [2.75, 3.05) is 20.3 Å². The molecule has 0 radical (unpaired) electrons. The van der Waals surface area contributed by atoms with Crippen LogP contribution >= 0.6 is 0 Å². The highest BCUT2D eigenvalue weighted by Gasteiger charge is 2.27. The first-order chi connectivity index (χ1) is 8.33. The highest BCUT2D eigenvalue weighted by molar-refractivity contribution is 5.37. The van der Waals surface area contributed by atoms with Crippen molar-refractivity contribution in [2.45, 2.75) is 19.1 Å². The summed E-state index contributed by atoms with van der Waals surface area (Å²) >= 11 is 0. The molecular formula is C12H16F3NO2. The lowest BCUT2D eigenvalue weighted by atomic mass is 10.1. The Hall–Kier alpha value is -1.27. The number of rotatable bonds is 5. The number of nitrogens with two attached hydrogens (primary N) is 1. The lowest BCUT2D eigenvalue weighted by molar-refractivity contribution is -0.174. The maximum atomic E-state index is 11.9. The molecule has 1 unspecified atom stereocenters. The Labute approximate surface area is 104 Å². The molecule has 102 valence electrons. The van der Waals surface area contributed by atoms with Crippen LogP contribution in [0.2, 0.25) is 0 Å². The normalized spacial score (nSPS) is 13.4. The summed E-state index contributed by atoms with van der Waals surface area (Å²) in [5.41, 5.74) is 7.35. The molecule has 0 aliphatic heterocycles. The maximum absolute atomic E-state index is 11.9. The van der Waals surface area contributed by atoms with Gasteiger partial charge in [0.15, 0.2) is 0 Å². The van der Waals surface area contributed by atoms with Crippen molar-refractivity contribution >= 4 is 0 Å². The van der Waals surface area contributed by atoms with Crippen molar-refractivity contribution in [3.8, 4) is 5.75 Å². The van der Waals surface area contributed by atoms with Crippen molar-refractivity contribution < 1.29 is 22.6 Å². The van der Waals surface area contributed by atoms with Gasteiger partial charge in [0.2, 0.25) is 0 Å². The van der Waals surface area contributed by atoms with Crippen LogP contribution in [0, 0.1) is 6.92 Å². The third-order valence-electron chi connectivity index (χ3n) is 2.41. The van der Waals surface area contributed by atoms with Crippen LogP contribution in [-0.4, -0.2) is 26.5 Å². The standard InChI is InChI=1S/C12H16F3NO2/c1-8-5-9(3-4-11(8)17-2)10(16)6-18-7-12(13,14)15/h3-5,10H,6-7,16H2,1-2H3. The van der Waals surface area contributed by atoms with Gasteiger partial charge in [0.05, 0.1) is 19.8 Å². The Kier molecular flexibility index (Phi) is 4.98. The highest BCUT2D eigenvalue weighted by atomic mass is 19.4. The van der Waals surface area contributed by atoms with Crippen molar-refractivity contribution in [3.63, 3.8) is 0 Å². The van der Waals surface area contributed by atoms with E-state index in [1.54, 1.807) is 25.3 Å². The molecule has 1 atom stereocenters. The first kappa shape index (κ1) is 14.8. The number of hydrogen-bond donors (Lipinski definition) is 1. The van der Waals surface area contributed by atoms with Crippen LogP contribution in [0.5, 0.6) is 5.75 Å². The number of alkyl halides is 3. The molecule has 0 saturated heterocycles. The Bertz CT molecular complexity index is 393. The average Bonchev–Trinajstić information content (AvgIpc) is 2.27.